The van der Waals surface area contributed by atoms with Crippen molar-refractivity contribution in [3.05, 3.63) is 29.1 Å². The molecule has 0 amide bonds. The lowest BCUT2D eigenvalue weighted by atomic mass is 9.79. The van der Waals surface area contributed by atoms with Crippen molar-refractivity contribution in [3.8, 4) is 0 Å². The van der Waals surface area contributed by atoms with Gasteiger partial charge in [-0.2, -0.15) is 0 Å². The molecule has 3 nitrogen and oxygen atoms in total. The smallest absolute Gasteiger partial charge is 0.338 e. The molecule has 1 aliphatic heterocycles. The number of carboxylic acid groups (broad SMARTS) is 1. The van der Waals surface area contributed by atoms with E-state index in [2.05, 4.69) is 32.6 Å². The largest absolute Gasteiger partial charge is 0.478 e. The lowest BCUT2D eigenvalue weighted by Crippen LogP contribution is -2.48. The molecule has 0 saturated carbocycles. The molecule has 1 N–H and O–H groups in total. The number of rotatable bonds is 3. The number of fused-ring (bicyclic) bond motifs is 1. The van der Waals surface area contributed by atoms with Crippen LogP contribution < -0.4 is 4.90 Å². The number of halogens is 1. The first kappa shape index (κ1) is 14.8. The van der Waals surface area contributed by atoms with Crippen LogP contribution in [0.2, 0.25) is 0 Å². The van der Waals surface area contributed by atoms with E-state index in [1.807, 2.05) is 0 Å². The van der Waals surface area contributed by atoms with Crippen LogP contribution in [0.5, 0.6) is 0 Å². The fourth-order valence-corrected chi connectivity index (χ4v) is 3.31. The summed E-state index contributed by atoms with van der Waals surface area (Å²) in [6.07, 6.45) is 1.91. The van der Waals surface area contributed by atoms with Crippen molar-refractivity contribution in [2.75, 3.05) is 11.4 Å². The molecule has 0 aromatic heterocycles. The second-order valence-corrected chi connectivity index (χ2v) is 6.27. The molecule has 1 unspecified atom stereocenters. The van der Waals surface area contributed by atoms with E-state index >= 15 is 0 Å². The first-order valence-electron chi connectivity index (χ1n) is 7.12. The zero-order chi connectivity index (χ0) is 15.1. The topological polar surface area (TPSA) is 40.5 Å². The molecule has 110 valence electrons. The molecule has 20 heavy (non-hydrogen) atoms. The molecule has 1 atom stereocenters. The molecular weight excluding hydrogens is 257 g/mol. The Balaban J connectivity index is 2.60. The Morgan fingerprint density at radius 2 is 2.15 bits per heavy atom. The van der Waals surface area contributed by atoms with Crippen molar-refractivity contribution in [2.24, 2.45) is 0 Å². The number of hydrogen-bond donors (Lipinski definition) is 1. The predicted octanol–water partition coefficient (Wildman–Crippen LogP) is 4.03. The van der Waals surface area contributed by atoms with Crippen LogP contribution in [0, 0.1) is 5.82 Å². The zero-order valence-electron chi connectivity index (χ0n) is 12.5. The summed E-state index contributed by atoms with van der Waals surface area (Å²) < 4.78 is 14.0. The van der Waals surface area contributed by atoms with E-state index in [4.69, 9.17) is 5.11 Å². The maximum atomic E-state index is 14.0. The molecule has 1 aliphatic rings. The highest BCUT2D eigenvalue weighted by Crippen LogP contribution is 2.44. The van der Waals surface area contributed by atoms with Crippen LogP contribution in [0.3, 0.4) is 0 Å². The molecule has 0 aliphatic carbocycles. The monoisotopic (exact) mass is 279 g/mol. The van der Waals surface area contributed by atoms with E-state index in [0.29, 0.717) is 0 Å². The van der Waals surface area contributed by atoms with Crippen molar-refractivity contribution >= 4 is 11.7 Å². The van der Waals surface area contributed by atoms with E-state index in [9.17, 15) is 9.18 Å². The fraction of sp³-hybridized carbons (Fsp3) is 0.562. The minimum atomic E-state index is -1.20. The van der Waals surface area contributed by atoms with Gasteiger partial charge in [0, 0.05) is 17.8 Å². The number of carboxylic acids is 1. The number of carbonyl (C=O) groups is 1. The lowest BCUT2D eigenvalue weighted by Gasteiger charge is -2.47. The highest BCUT2D eigenvalue weighted by atomic mass is 19.1. The molecule has 1 aromatic carbocycles. The van der Waals surface area contributed by atoms with Gasteiger partial charge >= 0.3 is 5.97 Å². The Morgan fingerprint density at radius 1 is 1.50 bits per heavy atom. The van der Waals surface area contributed by atoms with Crippen molar-refractivity contribution < 1.29 is 14.3 Å². The van der Waals surface area contributed by atoms with Crippen LogP contribution in [-0.4, -0.2) is 23.2 Å². The fourth-order valence-electron chi connectivity index (χ4n) is 3.31. The normalized spacial score (nSPS) is 20.6. The molecule has 0 bridgehead atoms. The zero-order valence-corrected chi connectivity index (χ0v) is 12.5. The number of aromatic carboxylic acids is 1. The number of benzene rings is 1. The number of anilines is 1. The average molecular weight is 279 g/mol. The third-order valence-corrected chi connectivity index (χ3v) is 4.15. The molecule has 1 aromatic rings. The predicted molar refractivity (Wildman–Crippen MR) is 78.1 cm³/mol. The first-order chi connectivity index (χ1) is 9.27. The van der Waals surface area contributed by atoms with E-state index in [1.165, 1.54) is 12.1 Å². The first-order valence-corrected chi connectivity index (χ1v) is 7.12. The Kier molecular flexibility index (Phi) is 3.76. The van der Waals surface area contributed by atoms with Gasteiger partial charge < -0.3 is 10.0 Å². The van der Waals surface area contributed by atoms with Crippen LogP contribution >= 0.6 is 0 Å². The van der Waals surface area contributed by atoms with Gasteiger partial charge in [-0.25, -0.2) is 9.18 Å². The second kappa shape index (κ2) is 5.08. The van der Waals surface area contributed by atoms with Crippen molar-refractivity contribution in [2.45, 2.75) is 52.0 Å². The van der Waals surface area contributed by atoms with Crippen LogP contribution in [0.4, 0.5) is 10.1 Å². The molecule has 0 saturated heterocycles. The van der Waals surface area contributed by atoms with Crippen LogP contribution in [-0.2, 0) is 0 Å². The maximum absolute atomic E-state index is 14.0. The van der Waals surface area contributed by atoms with E-state index in [1.54, 1.807) is 0 Å². The van der Waals surface area contributed by atoms with Crippen molar-refractivity contribution in [1.82, 2.24) is 0 Å². The Morgan fingerprint density at radius 3 is 2.70 bits per heavy atom. The summed E-state index contributed by atoms with van der Waals surface area (Å²) in [6.45, 7) is 9.33. The SMILES string of the molecule is CCCN1c2cc(F)c(C(=O)O)cc2C(C)CC1(C)C. The Bertz CT molecular complexity index is 540. The molecule has 0 spiro atoms. The van der Waals surface area contributed by atoms with Gasteiger partial charge in [-0.15, -0.1) is 0 Å². The highest BCUT2D eigenvalue weighted by Gasteiger charge is 2.36. The standard InChI is InChI=1S/C16H22FNO2/c1-5-6-18-14-8-13(17)12(15(19)20)7-11(14)10(2)9-16(18,3)4/h7-8,10H,5-6,9H2,1-4H3,(H,19,20). The lowest BCUT2D eigenvalue weighted by molar-refractivity contribution is 0.0691. The molecular formula is C16H22FNO2. The number of hydrogen-bond acceptors (Lipinski definition) is 2. The molecule has 2 rings (SSSR count). The van der Waals surface area contributed by atoms with Gasteiger partial charge in [-0.05, 0) is 50.3 Å². The molecule has 0 fully saturated rings. The van der Waals surface area contributed by atoms with Crippen molar-refractivity contribution in [1.29, 1.82) is 0 Å². The third kappa shape index (κ3) is 2.39. The summed E-state index contributed by atoms with van der Waals surface area (Å²) in [5, 5.41) is 9.07. The summed E-state index contributed by atoms with van der Waals surface area (Å²) in [5.74, 6) is -1.63. The minimum Gasteiger partial charge on any atom is -0.478 e. The average Bonchev–Trinajstić information content (AvgIpc) is 2.32. The van der Waals surface area contributed by atoms with Gasteiger partial charge in [-0.1, -0.05) is 13.8 Å². The Hall–Kier alpha value is -1.58. The van der Waals surface area contributed by atoms with Crippen LogP contribution in [0.1, 0.15) is 62.4 Å². The van der Waals surface area contributed by atoms with Gasteiger partial charge in [0.25, 0.3) is 0 Å². The summed E-state index contributed by atoms with van der Waals surface area (Å²) in [7, 11) is 0. The van der Waals surface area contributed by atoms with Gasteiger partial charge in [0.15, 0.2) is 0 Å². The van der Waals surface area contributed by atoms with Crippen LogP contribution in [0.15, 0.2) is 12.1 Å². The summed E-state index contributed by atoms with van der Waals surface area (Å²) in [4.78, 5) is 13.3. The summed E-state index contributed by atoms with van der Waals surface area (Å²) >= 11 is 0. The van der Waals surface area contributed by atoms with Crippen LogP contribution in [0.25, 0.3) is 0 Å². The minimum absolute atomic E-state index is 0.0421. The van der Waals surface area contributed by atoms with Crippen molar-refractivity contribution in [3.63, 3.8) is 0 Å². The Labute approximate surface area is 119 Å². The quantitative estimate of drug-likeness (QED) is 0.908. The third-order valence-electron chi connectivity index (χ3n) is 4.15. The molecule has 4 heteroatoms. The molecule has 0 radical (unpaired) electrons. The van der Waals surface area contributed by atoms with E-state index in [-0.39, 0.29) is 17.0 Å². The molecule has 1 heterocycles. The van der Waals surface area contributed by atoms with Gasteiger partial charge in [0.1, 0.15) is 5.82 Å². The maximum Gasteiger partial charge on any atom is 0.338 e. The summed E-state index contributed by atoms with van der Waals surface area (Å²) in [6, 6.07) is 2.90. The van der Waals surface area contributed by atoms with Gasteiger partial charge in [0.2, 0.25) is 0 Å². The van der Waals surface area contributed by atoms with Gasteiger partial charge in [0.05, 0.1) is 5.56 Å². The highest BCUT2D eigenvalue weighted by molar-refractivity contribution is 5.89. The second-order valence-electron chi connectivity index (χ2n) is 6.27. The van der Waals surface area contributed by atoms with E-state index in [0.717, 1.165) is 30.6 Å². The van der Waals surface area contributed by atoms with Gasteiger partial charge in [-0.3, -0.25) is 0 Å². The van der Waals surface area contributed by atoms with E-state index < -0.39 is 11.8 Å². The number of nitrogens with zero attached hydrogens (tertiary/aromatic N) is 1. The summed E-state index contributed by atoms with van der Waals surface area (Å²) in [5.41, 5.74) is 1.51.